The first-order valence-corrected chi connectivity index (χ1v) is 6.72. The van der Waals surface area contributed by atoms with E-state index in [-0.39, 0.29) is 0 Å². The number of nitrogens with zero attached hydrogens (tertiary/aromatic N) is 8. The zero-order valence-corrected chi connectivity index (χ0v) is 11.8. The van der Waals surface area contributed by atoms with Crippen LogP contribution in [-0.4, -0.2) is 39.1 Å². The van der Waals surface area contributed by atoms with Crippen molar-refractivity contribution in [1.82, 2.24) is 39.1 Å². The third-order valence-electron chi connectivity index (χ3n) is 3.44. The van der Waals surface area contributed by atoms with Gasteiger partial charge in [-0.05, 0) is 12.5 Å². The van der Waals surface area contributed by atoms with Crippen molar-refractivity contribution in [3.63, 3.8) is 0 Å². The molecule has 0 saturated carbocycles. The molecule has 0 atom stereocenters. The molecule has 0 aliphatic heterocycles. The minimum absolute atomic E-state index is 0.727. The summed E-state index contributed by atoms with van der Waals surface area (Å²) in [4.78, 5) is 8.94. The Morgan fingerprint density at radius 3 is 2.86 bits per heavy atom. The number of aryl methyl sites for hydroxylation is 4. The van der Waals surface area contributed by atoms with E-state index in [4.69, 9.17) is 0 Å². The normalized spacial score (nSPS) is 11.7. The van der Waals surface area contributed by atoms with Crippen LogP contribution in [0.4, 0.5) is 0 Å². The summed E-state index contributed by atoms with van der Waals surface area (Å²) in [5, 5.41) is 13.8. The Morgan fingerprint density at radius 2 is 2.05 bits per heavy atom. The van der Waals surface area contributed by atoms with Gasteiger partial charge in [0.05, 0.1) is 17.8 Å². The summed E-state index contributed by atoms with van der Waals surface area (Å²) in [6.07, 6.45) is 8.03. The monoisotopic (exact) mass is 282 g/mol. The first-order valence-electron chi connectivity index (χ1n) is 6.72. The molecular formula is C13H14N8. The van der Waals surface area contributed by atoms with Crippen molar-refractivity contribution in [3.8, 4) is 0 Å². The number of rotatable bonds is 3. The first kappa shape index (κ1) is 12.0. The fraction of sp³-hybridized carbons (Fsp3) is 0.308. The molecule has 4 aromatic heterocycles. The van der Waals surface area contributed by atoms with Crippen LogP contribution >= 0.6 is 0 Å². The molecule has 0 N–H and O–H groups in total. The molecule has 0 aliphatic carbocycles. The maximum atomic E-state index is 4.59. The van der Waals surface area contributed by atoms with Crippen molar-refractivity contribution < 1.29 is 0 Å². The van der Waals surface area contributed by atoms with E-state index in [1.54, 1.807) is 21.7 Å². The van der Waals surface area contributed by atoms with Gasteiger partial charge in [0.15, 0.2) is 17.1 Å². The van der Waals surface area contributed by atoms with E-state index in [0.717, 1.165) is 41.0 Å². The molecule has 106 valence electrons. The van der Waals surface area contributed by atoms with E-state index in [1.165, 1.54) is 0 Å². The summed E-state index contributed by atoms with van der Waals surface area (Å²) < 4.78 is 5.34. The molecule has 0 fully saturated rings. The summed E-state index contributed by atoms with van der Waals surface area (Å²) in [6.45, 7) is 2.78. The topological polar surface area (TPSA) is 78.7 Å². The summed E-state index contributed by atoms with van der Waals surface area (Å²) in [7, 11) is 1.86. The molecule has 0 radical (unpaired) electrons. The van der Waals surface area contributed by atoms with Gasteiger partial charge in [0, 0.05) is 26.2 Å². The van der Waals surface area contributed by atoms with Gasteiger partial charge >= 0.3 is 0 Å². The van der Waals surface area contributed by atoms with Gasteiger partial charge < -0.3 is 0 Å². The van der Waals surface area contributed by atoms with E-state index in [2.05, 4.69) is 25.3 Å². The highest BCUT2D eigenvalue weighted by Gasteiger charge is 2.11. The van der Waals surface area contributed by atoms with Crippen molar-refractivity contribution in [1.29, 1.82) is 0 Å². The number of aromatic nitrogens is 8. The third-order valence-corrected chi connectivity index (χ3v) is 3.44. The van der Waals surface area contributed by atoms with E-state index in [1.807, 2.05) is 31.0 Å². The van der Waals surface area contributed by atoms with Crippen LogP contribution in [0.5, 0.6) is 0 Å². The molecule has 0 amide bonds. The second kappa shape index (κ2) is 4.37. The van der Waals surface area contributed by atoms with Gasteiger partial charge in [-0.15, -0.1) is 5.10 Å². The van der Waals surface area contributed by atoms with E-state index in [0.29, 0.717) is 0 Å². The minimum Gasteiger partial charge on any atom is -0.272 e. The molecule has 8 heteroatoms. The van der Waals surface area contributed by atoms with E-state index in [9.17, 15) is 0 Å². The Kier molecular flexibility index (Phi) is 2.50. The molecule has 21 heavy (non-hydrogen) atoms. The zero-order chi connectivity index (χ0) is 14.4. The van der Waals surface area contributed by atoms with Crippen LogP contribution in [-0.2, 0) is 20.0 Å². The van der Waals surface area contributed by atoms with Gasteiger partial charge in [-0.1, -0.05) is 0 Å². The lowest BCUT2D eigenvalue weighted by molar-refractivity contribution is 0.599. The molecule has 0 spiro atoms. The van der Waals surface area contributed by atoms with Gasteiger partial charge in [0.2, 0.25) is 0 Å². The molecule has 4 rings (SSSR count). The number of hydrogen-bond acceptors (Lipinski definition) is 5. The molecule has 8 nitrogen and oxygen atoms in total. The minimum atomic E-state index is 0.727. The molecule has 0 bridgehead atoms. The summed E-state index contributed by atoms with van der Waals surface area (Å²) in [6, 6.07) is 0. The second-order valence-corrected chi connectivity index (χ2v) is 5.08. The van der Waals surface area contributed by atoms with E-state index >= 15 is 0 Å². The Bertz CT molecular complexity index is 928. The van der Waals surface area contributed by atoms with Crippen LogP contribution in [0.2, 0.25) is 0 Å². The van der Waals surface area contributed by atoms with Gasteiger partial charge in [0.25, 0.3) is 0 Å². The smallest absolute Gasteiger partial charge is 0.170 e. The van der Waals surface area contributed by atoms with E-state index < -0.39 is 0 Å². The molecule has 0 aromatic carbocycles. The Hall–Kier alpha value is -2.77. The van der Waals surface area contributed by atoms with Crippen LogP contribution in [0.15, 0.2) is 24.9 Å². The van der Waals surface area contributed by atoms with Gasteiger partial charge in [0.1, 0.15) is 6.33 Å². The summed E-state index contributed by atoms with van der Waals surface area (Å²) in [5.41, 5.74) is 2.75. The lowest BCUT2D eigenvalue weighted by atomic mass is 10.4. The van der Waals surface area contributed by atoms with Crippen molar-refractivity contribution in [3.05, 3.63) is 36.3 Å². The molecule has 4 heterocycles. The van der Waals surface area contributed by atoms with Gasteiger partial charge in [-0.2, -0.15) is 10.2 Å². The lowest BCUT2D eigenvalue weighted by Gasteiger charge is -1.96. The summed E-state index contributed by atoms with van der Waals surface area (Å²) in [5.74, 6) is 0.779. The van der Waals surface area contributed by atoms with Crippen molar-refractivity contribution in [2.45, 2.75) is 19.9 Å². The Balaban J connectivity index is 1.68. The van der Waals surface area contributed by atoms with Crippen LogP contribution in [0.25, 0.3) is 16.7 Å². The second-order valence-electron chi connectivity index (χ2n) is 5.08. The SMILES string of the molecule is Cc1cnn(CCc2nc3c4cnn(C)c4ncn3n2)c1. The van der Waals surface area contributed by atoms with Crippen LogP contribution in [0.1, 0.15) is 11.4 Å². The Morgan fingerprint density at radius 1 is 1.14 bits per heavy atom. The summed E-state index contributed by atoms with van der Waals surface area (Å²) >= 11 is 0. The zero-order valence-electron chi connectivity index (χ0n) is 11.8. The van der Waals surface area contributed by atoms with Crippen molar-refractivity contribution >= 4 is 16.7 Å². The fourth-order valence-electron chi connectivity index (χ4n) is 2.39. The average molecular weight is 282 g/mol. The van der Waals surface area contributed by atoms with Crippen molar-refractivity contribution in [2.24, 2.45) is 7.05 Å². The largest absolute Gasteiger partial charge is 0.272 e. The maximum Gasteiger partial charge on any atom is 0.170 e. The molecular weight excluding hydrogens is 268 g/mol. The third kappa shape index (κ3) is 1.95. The lowest BCUT2D eigenvalue weighted by Crippen LogP contribution is -2.03. The standard InChI is InChI=1S/C13H14N8/c1-9-5-16-20(7-9)4-3-11-17-13-10-6-15-19(2)12(10)14-8-21(13)18-11/h5-8H,3-4H2,1-2H3. The van der Waals surface area contributed by atoms with Crippen LogP contribution < -0.4 is 0 Å². The molecule has 0 aliphatic rings. The molecule has 0 saturated heterocycles. The fourth-order valence-corrected chi connectivity index (χ4v) is 2.39. The highest BCUT2D eigenvalue weighted by Crippen LogP contribution is 2.15. The maximum absolute atomic E-state index is 4.59. The van der Waals surface area contributed by atoms with Crippen LogP contribution in [0, 0.1) is 6.92 Å². The first-order chi connectivity index (χ1) is 10.2. The number of fused-ring (bicyclic) bond motifs is 3. The predicted molar refractivity (Wildman–Crippen MR) is 75.7 cm³/mol. The quantitative estimate of drug-likeness (QED) is 0.554. The Labute approximate surface area is 120 Å². The van der Waals surface area contributed by atoms with Gasteiger partial charge in [-0.25, -0.2) is 14.5 Å². The number of hydrogen-bond donors (Lipinski definition) is 0. The van der Waals surface area contributed by atoms with Gasteiger partial charge in [-0.3, -0.25) is 9.36 Å². The van der Waals surface area contributed by atoms with Crippen molar-refractivity contribution in [2.75, 3.05) is 0 Å². The highest BCUT2D eigenvalue weighted by molar-refractivity contribution is 5.88. The highest BCUT2D eigenvalue weighted by atomic mass is 15.3. The molecule has 0 unspecified atom stereocenters. The predicted octanol–water partition coefficient (Wildman–Crippen LogP) is 0.759. The average Bonchev–Trinajstić information content (AvgIpc) is 3.15. The molecule has 4 aromatic rings. The van der Waals surface area contributed by atoms with Crippen LogP contribution in [0.3, 0.4) is 0 Å².